The fraction of sp³-hybridized carbons (Fsp3) is 0.235. The molecule has 0 heterocycles. The number of anilines is 1. The van der Waals surface area contributed by atoms with Crippen LogP contribution in [0.15, 0.2) is 36.4 Å². The Bertz CT molecular complexity index is 682. The topological polar surface area (TPSA) is 56.8 Å². The Hall–Kier alpha value is -2.69. The van der Waals surface area contributed by atoms with Crippen LogP contribution in [0.25, 0.3) is 0 Å². The summed E-state index contributed by atoms with van der Waals surface area (Å²) < 4.78 is 15.7. The molecule has 1 amide bonds. The van der Waals surface area contributed by atoms with Crippen LogP contribution < -0.4 is 19.5 Å². The maximum atomic E-state index is 12.5. The van der Waals surface area contributed by atoms with Crippen molar-refractivity contribution in [2.75, 3.05) is 26.6 Å². The van der Waals surface area contributed by atoms with Crippen LogP contribution in [0.5, 0.6) is 17.2 Å². The van der Waals surface area contributed by atoms with Crippen LogP contribution in [-0.2, 0) is 0 Å². The monoisotopic (exact) mass is 301 g/mol. The van der Waals surface area contributed by atoms with E-state index in [9.17, 15) is 4.79 Å². The van der Waals surface area contributed by atoms with Gasteiger partial charge in [-0.1, -0.05) is 6.07 Å². The molecule has 2 aromatic rings. The molecule has 0 aromatic heterocycles. The van der Waals surface area contributed by atoms with Crippen LogP contribution >= 0.6 is 0 Å². The predicted octanol–water partition coefficient (Wildman–Crippen LogP) is 3.27. The molecule has 1 N–H and O–H groups in total. The lowest BCUT2D eigenvalue weighted by Gasteiger charge is -2.13. The average molecular weight is 301 g/mol. The smallest absolute Gasteiger partial charge is 0.259 e. The van der Waals surface area contributed by atoms with Gasteiger partial charge in [-0.05, 0) is 42.8 Å². The van der Waals surface area contributed by atoms with Crippen LogP contribution in [0.3, 0.4) is 0 Å². The van der Waals surface area contributed by atoms with E-state index in [0.29, 0.717) is 28.5 Å². The second-order valence-corrected chi connectivity index (χ2v) is 4.72. The first-order valence-corrected chi connectivity index (χ1v) is 6.77. The SMILES string of the molecule is COc1ccc(OC)c(C(=O)Nc2cc(C)ccc2OC)c1. The van der Waals surface area contributed by atoms with Gasteiger partial charge >= 0.3 is 0 Å². The van der Waals surface area contributed by atoms with Gasteiger partial charge in [-0.3, -0.25) is 4.79 Å². The molecule has 0 unspecified atom stereocenters. The van der Waals surface area contributed by atoms with Crippen molar-refractivity contribution >= 4 is 11.6 Å². The minimum absolute atomic E-state index is 0.292. The number of nitrogens with one attached hydrogen (secondary N) is 1. The number of rotatable bonds is 5. The number of methoxy groups -OCH3 is 3. The molecule has 22 heavy (non-hydrogen) atoms. The molecule has 2 aromatic carbocycles. The van der Waals surface area contributed by atoms with Crippen LogP contribution in [-0.4, -0.2) is 27.2 Å². The lowest BCUT2D eigenvalue weighted by atomic mass is 10.1. The zero-order valence-electron chi connectivity index (χ0n) is 13.1. The maximum Gasteiger partial charge on any atom is 0.259 e. The first kappa shape index (κ1) is 15.7. The number of ether oxygens (including phenoxy) is 3. The summed E-state index contributed by atoms with van der Waals surface area (Å²) >= 11 is 0. The van der Waals surface area contributed by atoms with E-state index in [0.717, 1.165) is 5.56 Å². The molecule has 0 bridgehead atoms. The van der Waals surface area contributed by atoms with Crippen molar-refractivity contribution < 1.29 is 19.0 Å². The highest BCUT2D eigenvalue weighted by Gasteiger charge is 2.15. The first-order valence-electron chi connectivity index (χ1n) is 6.77. The summed E-state index contributed by atoms with van der Waals surface area (Å²) in [5.41, 5.74) is 2.02. The van der Waals surface area contributed by atoms with Gasteiger partial charge in [0, 0.05) is 0 Å². The predicted molar refractivity (Wildman–Crippen MR) is 85.2 cm³/mol. The van der Waals surface area contributed by atoms with Gasteiger partial charge < -0.3 is 19.5 Å². The van der Waals surface area contributed by atoms with Crippen molar-refractivity contribution in [3.63, 3.8) is 0 Å². The minimum atomic E-state index is -0.292. The molecular weight excluding hydrogens is 282 g/mol. The van der Waals surface area contributed by atoms with E-state index in [4.69, 9.17) is 14.2 Å². The number of amides is 1. The number of aryl methyl sites for hydroxylation is 1. The van der Waals surface area contributed by atoms with Gasteiger partial charge in [0.1, 0.15) is 17.2 Å². The molecule has 0 saturated carbocycles. The molecule has 0 aliphatic rings. The molecule has 5 nitrogen and oxygen atoms in total. The molecule has 0 spiro atoms. The van der Waals surface area contributed by atoms with Gasteiger partial charge in [-0.15, -0.1) is 0 Å². The molecule has 5 heteroatoms. The highest BCUT2D eigenvalue weighted by Crippen LogP contribution is 2.28. The summed E-state index contributed by atoms with van der Waals surface area (Å²) in [6.45, 7) is 1.95. The molecule has 0 aliphatic heterocycles. The van der Waals surface area contributed by atoms with E-state index in [1.807, 2.05) is 25.1 Å². The Morgan fingerprint density at radius 3 is 2.23 bits per heavy atom. The van der Waals surface area contributed by atoms with E-state index in [2.05, 4.69) is 5.32 Å². The normalized spacial score (nSPS) is 10.0. The lowest BCUT2D eigenvalue weighted by Crippen LogP contribution is -2.14. The van der Waals surface area contributed by atoms with E-state index in [1.54, 1.807) is 32.4 Å². The van der Waals surface area contributed by atoms with Crippen LogP contribution in [0.4, 0.5) is 5.69 Å². The van der Waals surface area contributed by atoms with Crippen molar-refractivity contribution in [2.45, 2.75) is 6.92 Å². The molecule has 116 valence electrons. The van der Waals surface area contributed by atoms with Crippen LogP contribution in [0.2, 0.25) is 0 Å². The Morgan fingerprint density at radius 1 is 0.909 bits per heavy atom. The van der Waals surface area contributed by atoms with Crippen molar-refractivity contribution in [1.29, 1.82) is 0 Å². The summed E-state index contributed by atoms with van der Waals surface area (Å²) in [5, 5.41) is 2.85. The molecule has 0 saturated heterocycles. The van der Waals surface area contributed by atoms with Gasteiger partial charge in [0.2, 0.25) is 0 Å². The Balaban J connectivity index is 2.35. The number of carbonyl (C=O) groups is 1. The number of carbonyl (C=O) groups excluding carboxylic acids is 1. The molecule has 0 aliphatic carbocycles. The largest absolute Gasteiger partial charge is 0.497 e. The quantitative estimate of drug-likeness (QED) is 0.921. The number of hydrogen-bond acceptors (Lipinski definition) is 4. The van der Waals surface area contributed by atoms with E-state index < -0.39 is 0 Å². The zero-order chi connectivity index (χ0) is 16.1. The molecule has 0 fully saturated rings. The second kappa shape index (κ2) is 6.85. The minimum Gasteiger partial charge on any atom is -0.497 e. The lowest BCUT2D eigenvalue weighted by molar-refractivity contribution is 0.102. The highest BCUT2D eigenvalue weighted by atomic mass is 16.5. The fourth-order valence-corrected chi connectivity index (χ4v) is 2.10. The highest BCUT2D eigenvalue weighted by molar-refractivity contribution is 6.07. The zero-order valence-corrected chi connectivity index (χ0v) is 13.1. The molecule has 0 radical (unpaired) electrons. The van der Waals surface area contributed by atoms with Gasteiger partial charge in [0.25, 0.3) is 5.91 Å². The third-order valence-electron chi connectivity index (χ3n) is 3.25. The van der Waals surface area contributed by atoms with Crippen molar-refractivity contribution in [3.05, 3.63) is 47.5 Å². The number of hydrogen-bond donors (Lipinski definition) is 1. The van der Waals surface area contributed by atoms with Gasteiger partial charge in [0.15, 0.2) is 0 Å². The maximum absolute atomic E-state index is 12.5. The summed E-state index contributed by atoms with van der Waals surface area (Å²) in [4.78, 5) is 12.5. The van der Waals surface area contributed by atoms with Gasteiger partial charge in [-0.2, -0.15) is 0 Å². The van der Waals surface area contributed by atoms with Gasteiger partial charge in [-0.25, -0.2) is 0 Å². The standard InChI is InChI=1S/C17H19NO4/c1-11-5-7-16(22-4)14(9-11)18-17(19)13-10-12(20-2)6-8-15(13)21-3/h5-10H,1-4H3,(H,18,19). The Morgan fingerprint density at radius 2 is 1.59 bits per heavy atom. The van der Waals surface area contributed by atoms with E-state index in [1.165, 1.54) is 7.11 Å². The van der Waals surface area contributed by atoms with Crippen molar-refractivity contribution in [1.82, 2.24) is 0 Å². The molecule has 0 atom stereocenters. The van der Waals surface area contributed by atoms with Crippen molar-refractivity contribution in [2.24, 2.45) is 0 Å². The molecular formula is C17H19NO4. The van der Waals surface area contributed by atoms with Crippen molar-refractivity contribution in [3.8, 4) is 17.2 Å². The van der Waals surface area contributed by atoms with Crippen LogP contribution in [0.1, 0.15) is 15.9 Å². The Labute approximate surface area is 129 Å². The van der Waals surface area contributed by atoms with Crippen LogP contribution in [0, 0.1) is 6.92 Å². The van der Waals surface area contributed by atoms with Gasteiger partial charge in [0.05, 0.1) is 32.6 Å². The molecule has 2 rings (SSSR count). The third-order valence-corrected chi connectivity index (χ3v) is 3.25. The fourth-order valence-electron chi connectivity index (χ4n) is 2.10. The Kier molecular flexibility index (Phi) is 4.88. The van der Waals surface area contributed by atoms with E-state index in [-0.39, 0.29) is 5.91 Å². The third kappa shape index (κ3) is 3.31. The summed E-state index contributed by atoms with van der Waals surface area (Å²) in [6, 6.07) is 10.7. The summed E-state index contributed by atoms with van der Waals surface area (Å²) in [7, 11) is 4.63. The second-order valence-electron chi connectivity index (χ2n) is 4.72. The number of benzene rings is 2. The first-order chi connectivity index (χ1) is 10.6. The summed E-state index contributed by atoms with van der Waals surface area (Å²) in [5.74, 6) is 1.37. The average Bonchev–Trinajstić information content (AvgIpc) is 2.54. The van der Waals surface area contributed by atoms with E-state index >= 15 is 0 Å². The summed E-state index contributed by atoms with van der Waals surface area (Å²) in [6.07, 6.45) is 0.